The molecule has 0 radical (unpaired) electrons. The second-order valence-corrected chi connectivity index (χ2v) is 12.4. The van der Waals surface area contributed by atoms with Gasteiger partial charge in [0.05, 0.1) is 11.2 Å². The summed E-state index contributed by atoms with van der Waals surface area (Å²) in [6, 6.07) is 14.5. The minimum Gasteiger partial charge on any atom is -0.508 e. The number of nitrogens with one attached hydrogen (secondary N) is 1. The molecule has 2 N–H and O–H groups in total. The predicted octanol–water partition coefficient (Wildman–Crippen LogP) is 5.08. The Labute approximate surface area is 240 Å². The lowest BCUT2D eigenvalue weighted by Crippen LogP contribution is -2.51. The third-order valence-corrected chi connectivity index (χ3v) is 9.88. The van der Waals surface area contributed by atoms with Crippen LogP contribution in [0.1, 0.15) is 44.1 Å². The maximum atomic E-state index is 10.7. The predicted molar refractivity (Wildman–Crippen MR) is 163 cm³/mol. The third kappa shape index (κ3) is 4.20. The number of aromatic nitrogens is 2. The fraction of sp³-hybridized carbons (Fsp3) is 0.412. The van der Waals surface area contributed by atoms with E-state index in [1.54, 1.807) is 12.1 Å². The molecule has 2 atom stereocenters. The molecule has 4 fully saturated rings. The number of benzene rings is 2. The average Bonchev–Trinajstić information content (AvgIpc) is 3.67. The van der Waals surface area contributed by atoms with Gasteiger partial charge >= 0.3 is 0 Å². The molecule has 7 heteroatoms. The van der Waals surface area contributed by atoms with Crippen LogP contribution >= 0.6 is 0 Å². The Morgan fingerprint density at radius 3 is 2.63 bits per heavy atom. The molecule has 4 aliphatic rings. The normalized spacial score (nSPS) is 23.2. The molecule has 0 spiro atoms. The number of hydrogen-bond donors (Lipinski definition) is 2. The van der Waals surface area contributed by atoms with Crippen LogP contribution in [0.3, 0.4) is 0 Å². The maximum Gasteiger partial charge on any atom is 0.213 e. The van der Waals surface area contributed by atoms with Gasteiger partial charge in [-0.1, -0.05) is 18.1 Å². The highest BCUT2D eigenvalue weighted by molar-refractivity contribution is 6.03. The summed E-state index contributed by atoms with van der Waals surface area (Å²) in [5.41, 5.74) is 2.57. The fourth-order valence-corrected chi connectivity index (χ4v) is 7.94. The summed E-state index contributed by atoms with van der Waals surface area (Å²) in [5, 5.41) is 18.3. The fourth-order valence-electron chi connectivity index (χ4n) is 7.94. The van der Waals surface area contributed by atoms with E-state index in [4.69, 9.17) is 21.1 Å². The first-order chi connectivity index (χ1) is 20.1. The molecule has 4 saturated heterocycles. The maximum absolute atomic E-state index is 10.7. The number of rotatable bonds is 5. The van der Waals surface area contributed by atoms with Gasteiger partial charge in [-0.2, -0.15) is 0 Å². The SMILES string of the molecule is C#Cc1cccc2cc(O)cc(-c3cc4cc(OCC56CCCN5CCC6)ncc4c(N4CC5CCC(C4)N5)n3)c12. The molecule has 2 bridgehead atoms. The Balaban J connectivity index is 1.26. The molecule has 4 aliphatic heterocycles. The van der Waals surface area contributed by atoms with Crippen LogP contribution in [0.5, 0.6) is 11.6 Å². The van der Waals surface area contributed by atoms with Crippen LogP contribution in [-0.2, 0) is 0 Å². The summed E-state index contributed by atoms with van der Waals surface area (Å²) in [6.45, 7) is 4.86. The number of aromatic hydroxyl groups is 1. The van der Waals surface area contributed by atoms with E-state index in [1.165, 1.54) is 51.6 Å². The zero-order valence-corrected chi connectivity index (χ0v) is 23.3. The summed E-state index contributed by atoms with van der Waals surface area (Å²) in [7, 11) is 0. The van der Waals surface area contributed by atoms with Gasteiger partial charge in [0.2, 0.25) is 5.88 Å². The van der Waals surface area contributed by atoms with Crippen molar-refractivity contribution in [2.45, 2.75) is 56.1 Å². The van der Waals surface area contributed by atoms with Crippen molar-refractivity contribution in [3.63, 3.8) is 0 Å². The summed E-state index contributed by atoms with van der Waals surface area (Å²) in [6.07, 6.45) is 15.2. The molecule has 7 nitrogen and oxygen atoms in total. The number of phenolic OH excluding ortho intramolecular Hbond substituents is 1. The van der Waals surface area contributed by atoms with Gasteiger partial charge in [0.15, 0.2) is 0 Å². The van der Waals surface area contributed by atoms with Crippen LogP contribution in [-0.4, -0.2) is 70.4 Å². The van der Waals surface area contributed by atoms with Crippen molar-refractivity contribution in [1.82, 2.24) is 20.2 Å². The zero-order valence-electron chi connectivity index (χ0n) is 23.3. The van der Waals surface area contributed by atoms with Crippen molar-refractivity contribution in [1.29, 1.82) is 0 Å². The van der Waals surface area contributed by atoms with Crippen molar-refractivity contribution in [3.8, 4) is 35.2 Å². The zero-order chi connectivity index (χ0) is 27.6. The lowest BCUT2D eigenvalue weighted by Gasteiger charge is -2.34. The Kier molecular flexibility index (Phi) is 5.84. The molecule has 0 amide bonds. The van der Waals surface area contributed by atoms with Gasteiger partial charge in [0.25, 0.3) is 0 Å². The van der Waals surface area contributed by atoms with Crippen LogP contribution in [0.15, 0.2) is 48.7 Å². The van der Waals surface area contributed by atoms with Crippen LogP contribution in [0.2, 0.25) is 0 Å². The first-order valence-corrected chi connectivity index (χ1v) is 15.0. The van der Waals surface area contributed by atoms with E-state index >= 15 is 0 Å². The van der Waals surface area contributed by atoms with Gasteiger partial charge in [-0.05, 0) is 86.7 Å². The molecular formula is C34H35N5O2. The second-order valence-electron chi connectivity index (χ2n) is 12.4. The summed E-state index contributed by atoms with van der Waals surface area (Å²) in [4.78, 5) is 15.1. The smallest absolute Gasteiger partial charge is 0.213 e. The monoisotopic (exact) mass is 545 g/mol. The minimum absolute atomic E-state index is 0.164. The minimum atomic E-state index is 0.164. The number of terminal acetylenes is 1. The molecule has 41 heavy (non-hydrogen) atoms. The van der Waals surface area contributed by atoms with E-state index in [-0.39, 0.29) is 11.3 Å². The molecule has 2 unspecified atom stereocenters. The molecule has 4 aromatic rings. The number of pyridine rings is 2. The lowest BCUT2D eigenvalue weighted by atomic mass is 9.95. The highest BCUT2D eigenvalue weighted by atomic mass is 16.5. The van der Waals surface area contributed by atoms with E-state index in [1.807, 2.05) is 24.4 Å². The van der Waals surface area contributed by atoms with Gasteiger partial charge in [-0.15, -0.1) is 6.42 Å². The molecule has 8 rings (SSSR count). The van der Waals surface area contributed by atoms with Crippen molar-refractivity contribution in [2.75, 3.05) is 37.7 Å². The number of ether oxygens (including phenoxy) is 1. The first kappa shape index (κ1) is 24.9. The number of anilines is 1. The van der Waals surface area contributed by atoms with Crippen molar-refractivity contribution in [2.24, 2.45) is 0 Å². The molecule has 2 aromatic heterocycles. The highest BCUT2D eigenvalue weighted by Gasteiger charge is 2.45. The second kappa shape index (κ2) is 9.61. The molecule has 6 heterocycles. The topological polar surface area (TPSA) is 73.8 Å². The van der Waals surface area contributed by atoms with Gasteiger partial charge in [-0.3, -0.25) is 4.90 Å². The van der Waals surface area contributed by atoms with Gasteiger partial charge < -0.3 is 20.1 Å². The Bertz CT molecular complexity index is 1690. The summed E-state index contributed by atoms with van der Waals surface area (Å²) in [5.74, 6) is 4.62. The van der Waals surface area contributed by atoms with Gasteiger partial charge in [0.1, 0.15) is 18.2 Å². The van der Waals surface area contributed by atoms with E-state index in [9.17, 15) is 5.11 Å². The Morgan fingerprint density at radius 2 is 1.85 bits per heavy atom. The quantitative estimate of drug-likeness (QED) is 0.339. The molecule has 0 aliphatic carbocycles. The molecule has 208 valence electrons. The Morgan fingerprint density at radius 1 is 1.05 bits per heavy atom. The van der Waals surface area contributed by atoms with Gasteiger partial charge in [0, 0.05) is 59.3 Å². The van der Waals surface area contributed by atoms with Crippen LogP contribution in [0.4, 0.5) is 5.82 Å². The van der Waals surface area contributed by atoms with Crippen LogP contribution in [0.25, 0.3) is 32.8 Å². The number of nitrogens with zero attached hydrogens (tertiary/aromatic N) is 4. The van der Waals surface area contributed by atoms with Crippen LogP contribution < -0.4 is 15.0 Å². The van der Waals surface area contributed by atoms with Crippen molar-refractivity contribution < 1.29 is 9.84 Å². The number of hydrogen-bond acceptors (Lipinski definition) is 7. The largest absolute Gasteiger partial charge is 0.508 e. The lowest BCUT2D eigenvalue weighted by molar-refractivity contribution is 0.111. The third-order valence-electron chi connectivity index (χ3n) is 9.88. The van der Waals surface area contributed by atoms with E-state index < -0.39 is 0 Å². The van der Waals surface area contributed by atoms with E-state index in [2.05, 4.69) is 33.2 Å². The van der Waals surface area contributed by atoms with E-state index in [0.717, 1.165) is 57.3 Å². The van der Waals surface area contributed by atoms with Crippen molar-refractivity contribution in [3.05, 3.63) is 54.2 Å². The Hall–Kier alpha value is -3.86. The highest BCUT2D eigenvalue weighted by Crippen LogP contribution is 2.41. The van der Waals surface area contributed by atoms with Gasteiger partial charge in [-0.25, -0.2) is 9.97 Å². The standard InChI is InChI=1S/C34H35N5O2/c1-2-22-6-3-7-23-14-27(40)17-28(32(22)23)30-15-24-16-31(41-21-34-10-4-12-39(34)13-5-11-34)35-18-29(24)33(37-30)38-19-25-8-9-26(20-38)36-25/h1,3,6-7,14-18,25-26,36,40H,4-5,8-13,19-21H2. The number of phenols is 1. The molecule has 2 aromatic carbocycles. The van der Waals surface area contributed by atoms with Crippen LogP contribution in [0, 0.1) is 12.3 Å². The molecular weight excluding hydrogens is 510 g/mol. The first-order valence-electron chi connectivity index (χ1n) is 15.0. The summed E-state index contributed by atoms with van der Waals surface area (Å²) >= 11 is 0. The molecule has 0 saturated carbocycles. The summed E-state index contributed by atoms with van der Waals surface area (Å²) < 4.78 is 6.44. The average molecular weight is 546 g/mol. The van der Waals surface area contributed by atoms with Crippen molar-refractivity contribution >= 4 is 27.4 Å². The number of fused-ring (bicyclic) bond motifs is 5. The van der Waals surface area contributed by atoms with E-state index in [0.29, 0.717) is 24.6 Å². The number of piperazine rings is 1.